The maximum Gasteiger partial charge on any atom is 0.146 e. The lowest BCUT2D eigenvalue weighted by Gasteiger charge is -2.05. The highest BCUT2D eigenvalue weighted by atomic mass is 79.9. The number of halogens is 2. The van der Waals surface area contributed by atoms with Crippen LogP contribution < -0.4 is 5.73 Å². The van der Waals surface area contributed by atoms with Gasteiger partial charge < -0.3 is 5.73 Å². The van der Waals surface area contributed by atoms with Crippen molar-refractivity contribution < 1.29 is 4.39 Å². The van der Waals surface area contributed by atoms with E-state index in [2.05, 4.69) is 20.9 Å². The van der Waals surface area contributed by atoms with Crippen molar-refractivity contribution >= 4 is 15.9 Å². The van der Waals surface area contributed by atoms with Crippen molar-refractivity contribution in [1.29, 1.82) is 0 Å². The minimum absolute atomic E-state index is 0.297. The summed E-state index contributed by atoms with van der Waals surface area (Å²) in [4.78, 5) is 3.71. The van der Waals surface area contributed by atoms with Gasteiger partial charge in [0.25, 0.3) is 0 Å². The van der Waals surface area contributed by atoms with Crippen LogP contribution in [0.5, 0.6) is 0 Å². The van der Waals surface area contributed by atoms with Gasteiger partial charge in [0, 0.05) is 11.6 Å². The quantitative estimate of drug-likeness (QED) is 0.733. The van der Waals surface area contributed by atoms with Crippen molar-refractivity contribution in [1.82, 2.24) is 4.98 Å². The highest BCUT2D eigenvalue weighted by Crippen LogP contribution is 2.17. The lowest BCUT2D eigenvalue weighted by atomic mass is 10.1. The first-order chi connectivity index (χ1) is 5.11. The van der Waals surface area contributed by atoms with Crippen molar-refractivity contribution in [3.05, 3.63) is 28.2 Å². The summed E-state index contributed by atoms with van der Waals surface area (Å²) < 4.78 is 13.5. The maximum atomic E-state index is 12.9. The molecule has 0 amide bonds. The molecule has 0 bridgehead atoms. The van der Waals surface area contributed by atoms with Crippen LogP contribution in [-0.2, 0) is 0 Å². The zero-order chi connectivity index (χ0) is 8.43. The second kappa shape index (κ2) is 3.28. The average molecular weight is 219 g/mol. The lowest BCUT2D eigenvalue weighted by molar-refractivity contribution is 0.586. The van der Waals surface area contributed by atoms with E-state index >= 15 is 0 Å². The molecular weight excluding hydrogens is 211 g/mol. The minimum Gasteiger partial charge on any atom is -0.324 e. The number of aromatic nitrogens is 1. The SMILES string of the molecule is C[C@@H](N)c1cc(Br)ncc1F. The van der Waals surface area contributed by atoms with Crippen LogP contribution in [-0.4, -0.2) is 4.98 Å². The Morgan fingerprint density at radius 2 is 2.36 bits per heavy atom. The summed E-state index contributed by atoms with van der Waals surface area (Å²) in [7, 11) is 0. The molecule has 1 rings (SSSR count). The molecule has 11 heavy (non-hydrogen) atoms. The summed E-state index contributed by atoms with van der Waals surface area (Å²) in [5, 5.41) is 0. The molecule has 2 nitrogen and oxygen atoms in total. The van der Waals surface area contributed by atoms with Crippen LogP contribution in [0, 0.1) is 5.82 Å². The monoisotopic (exact) mass is 218 g/mol. The molecule has 4 heteroatoms. The van der Waals surface area contributed by atoms with Gasteiger partial charge in [0.05, 0.1) is 6.20 Å². The predicted molar refractivity (Wildman–Crippen MR) is 44.5 cm³/mol. The van der Waals surface area contributed by atoms with Crippen LogP contribution in [0.15, 0.2) is 16.9 Å². The molecule has 0 unspecified atom stereocenters. The maximum absolute atomic E-state index is 12.9. The van der Waals surface area contributed by atoms with Gasteiger partial charge in [-0.3, -0.25) is 0 Å². The standard InChI is InChI=1S/C7H8BrFN2/c1-4(10)5-2-7(8)11-3-6(5)9/h2-4H,10H2,1H3/t4-/m1/s1. The zero-order valence-corrected chi connectivity index (χ0v) is 7.60. The van der Waals surface area contributed by atoms with Gasteiger partial charge in [-0.25, -0.2) is 9.37 Å². The van der Waals surface area contributed by atoms with Crippen LogP contribution in [0.25, 0.3) is 0 Å². The smallest absolute Gasteiger partial charge is 0.146 e. The van der Waals surface area contributed by atoms with E-state index in [0.717, 1.165) is 6.20 Å². The van der Waals surface area contributed by atoms with E-state index < -0.39 is 0 Å². The molecule has 0 aliphatic heterocycles. The van der Waals surface area contributed by atoms with Crippen LogP contribution in [0.4, 0.5) is 4.39 Å². The normalized spacial score (nSPS) is 13.1. The molecule has 1 heterocycles. The molecule has 0 aliphatic rings. The van der Waals surface area contributed by atoms with Gasteiger partial charge in [0.15, 0.2) is 0 Å². The highest BCUT2D eigenvalue weighted by Gasteiger charge is 2.06. The van der Waals surface area contributed by atoms with Crippen molar-refractivity contribution in [2.75, 3.05) is 0 Å². The van der Waals surface area contributed by atoms with E-state index in [9.17, 15) is 4.39 Å². The molecule has 60 valence electrons. The van der Waals surface area contributed by atoms with Gasteiger partial charge in [-0.1, -0.05) is 0 Å². The first-order valence-electron chi connectivity index (χ1n) is 3.18. The first kappa shape index (κ1) is 8.62. The molecule has 0 radical (unpaired) electrons. The molecule has 0 spiro atoms. The van der Waals surface area contributed by atoms with E-state index in [1.165, 1.54) is 0 Å². The molecule has 1 aromatic rings. The van der Waals surface area contributed by atoms with Gasteiger partial charge in [-0.15, -0.1) is 0 Å². The predicted octanol–water partition coefficient (Wildman–Crippen LogP) is 2.00. The number of pyridine rings is 1. The van der Waals surface area contributed by atoms with Crippen LogP contribution in [0.1, 0.15) is 18.5 Å². The topological polar surface area (TPSA) is 38.9 Å². The van der Waals surface area contributed by atoms with Gasteiger partial charge in [-0.2, -0.15) is 0 Å². The van der Waals surface area contributed by atoms with E-state index in [1.54, 1.807) is 13.0 Å². The summed E-state index contributed by atoms with van der Waals surface area (Å²) in [6, 6.07) is 1.29. The van der Waals surface area contributed by atoms with Gasteiger partial charge in [0.2, 0.25) is 0 Å². The molecule has 0 saturated carbocycles. The Kier molecular flexibility index (Phi) is 2.57. The Morgan fingerprint density at radius 1 is 1.73 bits per heavy atom. The van der Waals surface area contributed by atoms with Crippen molar-refractivity contribution in [3.63, 3.8) is 0 Å². The Labute approximate surface area is 72.8 Å². The second-order valence-electron chi connectivity index (χ2n) is 2.32. The number of hydrogen-bond donors (Lipinski definition) is 1. The Bertz CT molecular complexity index is 263. The molecule has 0 aliphatic carbocycles. The fourth-order valence-corrected chi connectivity index (χ4v) is 1.13. The van der Waals surface area contributed by atoms with Crippen LogP contribution >= 0.6 is 15.9 Å². The van der Waals surface area contributed by atoms with E-state index in [1.807, 2.05) is 0 Å². The summed E-state index contributed by atoms with van der Waals surface area (Å²) in [5.41, 5.74) is 5.97. The fourth-order valence-electron chi connectivity index (χ4n) is 0.776. The highest BCUT2D eigenvalue weighted by molar-refractivity contribution is 9.10. The van der Waals surface area contributed by atoms with Gasteiger partial charge in [-0.05, 0) is 28.9 Å². The Morgan fingerprint density at radius 3 is 2.82 bits per heavy atom. The fraction of sp³-hybridized carbons (Fsp3) is 0.286. The molecule has 1 atom stereocenters. The summed E-state index contributed by atoms with van der Waals surface area (Å²) in [5.74, 6) is -0.358. The second-order valence-corrected chi connectivity index (χ2v) is 3.13. The number of rotatable bonds is 1. The molecular formula is C7H8BrFN2. The van der Waals surface area contributed by atoms with Gasteiger partial charge >= 0.3 is 0 Å². The summed E-state index contributed by atoms with van der Waals surface area (Å²) in [6.45, 7) is 1.73. The molecule has 1 aromatic heterocycles. The number of nitrogens with two attached hydrogens (primary N) is 1. The molecule has 0 aromatic carbocycles. The minimum atomic E-state index is -0.358. The Balaban J connectivity index is 3.13. The average Bonchev–Trinajstić information content (AvgIpc) is 1.94. The number of nitrogens with zero attached hydrogens (tertiary/aromatic N) is 1. The zero-order valence-electron chi connectivity index (χ0n) is 6.01. The van der Waals surface area contributed by atoms with E-state index in [-0.39, 0.29) is 11.9 Å². The molecule has 0 fully saturated rings. The molecule has 2 N–H and O–H groups in total. The van der Waals surface area contributed by atoms with Gasteiger partial charge in [0.1, 0.15) is 10.4 Å². The summed E-state index contributed by atoms with van der Waals surface area (Å²) >= 11 is 3.13. The van der Waals surface area contributed by atoms with Crippen molar-refractivity contribution in [2.45, 2.75) is 13.0 Å². The van der Waals surface area contributed by atoms with Crippen molar-refractivity contribution in [2.24, 2.45) is 5.73 Å². The van der Waals surface area contributed by atoms with Crippen molar-refractivity contribution in [3.8, 4) is 0 Å². The van der Waals surface area contributed by atoms with E-state index in [0.29, 0.717) is 10.2 Å². The van der Waals surface area contributed by atoms with Crippen LogP contribution in [0.2, 0.25) is 0 Å². The lowest BCUT2D eigenvalue weighted by Crippen LogP contribution is -2.07. The third-order valence-electron chi connectivity index (χ3n) is 1.34. The summed E-state index contributed by atoms with van der Waals surface area (Å²) in [6.07, 6.45) is 1.16. The van der Waals surface area contributed by atoms with E-state index in [4.69, 9.17) is 5.73 Å². The molecule has 0 saturated heterocycles. The number of hydrogen-bond acceptors (Lipinski definition) is 2. The first-order valence-corrected chi connectivity index (χ1v) is 3.97. The third kappa shape index (κ3) is 1.97. The Hall–Kier alpha value is -0.480. The largest absolute Gasteiger partial charge is 0.324 e. The van der Waals surface area contributed by atoms with Crippen LogP contribution in [0.3, 0.4) is 0 Å². The third-order valence-corrected chi connectivity index (χ3v) is 1.78.